The molecule has 4 aromatic rings. The van der Waals surface area contributed by atoms with Crippen LogP contribution in [0.1, 0.15) is 31.4 Å². The molecule has 0 spiro atoms. The fraction of sp³-hybridized carbons (Fsp3) is 0.278. The summed E-state index contributed by atoms with van der Waals surface area (Å²) in [7, 11) is -1.17. The number of hydrogen-bond acceptors (Lipinski definition) is 6. The fourth-order valence-electron chi connectivity index (χ4n) is 4.98. The largest absolute Gasteiger partial charge is 0.497 e. The summed E-state index contributed by atoms with van der Waals surface area (Å²) in [5, 5.41) is 3.04. The molecule has 0 fully saturated rings. The molecule has 0 aliphatic heterocycles. The summed E-state index contributed by atoms with van der Waals surface area (Å²) in [6, 6.07) is 30.1. The maximum atomic E-state index is 14.6. The van der Waals surface area contributed by atoms with E-state index in [1.54, 1.807) is 61.7 Å². The van der Waals surface area contributed by atoms with Crippen molar-refractivity contribution < 1.29 is 27.5 Å². The lowest BCUT2D eigenvalue weighted by Gasteiger charge is -2.34. The molecule has 2 atom stereocenters. The normalized spacial score (nSPS) is 12.4. The van der Waals surface area contributed by atoms with Gasteiger partial charge in [0.25, 0.3) is 10.0 Å². The molecule has 4 rings (SSSR count). The SMILES string of the molecule is CC[C@@H](C)NC(=O)[C@@H](Cc1ccccc1)N(Cc1cccc(OC)c1)C(=O)CN(c1cccc(OC)c1)S(=O)(=O)c1ccccc1. The highest BCUT2D eigenvalue weighted by molar-refractivity contribution is 7.92. The molecule has 0 unspecified atom stereocenters. The minimum atomic E-state index is -4.21. The molecule has 0 saturated heterocycles. The summed E-state index contributed by atoms with van der Waals surface area (Å²) < 4.78 is 40.1. The molecule has 0 radical (unpaired) electrons. The van der Waals surface area contributed by atoms with Gasteiger partial charge in [0.15, 0.2) is 0 Å². The van der Waals surface area contributed by atoms with E-state index in [1.807, 2.05) is 56.3 Å². The quantitative estimate of drug-likeness (QED) is 0.185. The minimum absolute atomic E-state index is 0.0281. The van der Waals surface area contributed by atoms with E-state index in [-0.39, 0.29) is 35.5 Å². The summed E-state index contributed by atoms with van der Waals surface area (Å²) in [5.74, 6) is 0.151. The van der Waals surface area contributed by atoms with Gasteiger partial charge in [-0.15, -0.1) is 0 Å². The summed E-state index contributed by atoms with van der Waals surface area (Å²) in [6.07, 6.45) is 0.927. The highest BCUT2D eigenvalue weighted by Gasteiger charge is 2.35. The predicted molar refractivity (Wildman–Crippen MR) is 179 cm³/mol. The second-order valence-corrected chi connectivity index (χ2v) is 12.8. The Hall–Kier alpha value is -4.83. The van der Waals surface area contributed by atoms with Gasteiger partial charge >= 0.3 is 0 Å². The molecule has 4 aromatic carbocycles. The molecule has 2 amide bonds. The topological polar surface area (TPSA) is 105 Å². The average molecular weight is 644 g/mol. The summed E-state index contributed by atoms with van der Waals surface area (Å²) >= 11 is 0. The first-order valence-corrected chi connectivity index (χ1v) is 16.6. The molecule has 0 aromatic heterocycles. The summed E-state index contributed by atoms with van der Waals surface area (Å²) in [6.45, 7) is 3.36. The van der Waals surface area contributed by atoms with E-state index in [0.29, 0.717) is 17.9 Å². The number of rotatable bonds is 15. The van der Waals surface area contributed by atoms with Crippen molar-refractivity contribution in [3.05, 3.63) is 120 Å². The molecule has 242 valence electrons. The van der Waals surface area contributed by atoms with Crippen molar-refractivity contribution in [1.29, 1.82) is 0 Å². The van der Waals surface area contributed by atoms with E-state index in [9.17, 15) is 18.0 Å². The second-order valence-electron chi connectivity index (χ2n) is 10.9. The molecule has 9 nitrogen and oxygen atoms in total. The Kier molecular flexibility index (Phi) is 11.8. The molecular weight excluding hydrogens is 602 g/mol. The molecular formula is C36H41N3O6S. The molecule has 0 heterocycles. The van der Waals surface area contributed by atoms with Crippen molar-refractivity contribution in [2.75, 3.05) is 25.1 Å². The van der Waals surface area contributed by atoms with Crippen LogP contribution in [0, 0.1) is 0 Å². The molecule has 0 bridgehead atoms. The Bertz CT molecular complexity index is 1700. The van der Waals surface area contributed by atoms with E-state index in [2.05, 4.69) is 5.32 Å². The molecule has 0 aliphatic carbocycles. The Labute approximate surface area is 271 Å². The van der Waals surface area contributed by atoms with Crippen molar-refractivity contribution in [3.8, 4) is 11.5 Å². The van der Waals surface area contributed by atoms with E-state index in [4.69, 9.17) is 9.47 Å². The molecule has 46 heavy (non-hydrogen) atoms. The van der Waals surface area contributed by atoms with Gasteiger partial charge in [0.1, 0.15) is 24.1 Å². The average Bonchev–Trinajstić information content (AvgIpc) is 3.09. The van der Waals surface area contributed by atoms with Gasteiger partial charge in [-0.1, -0.05) is 73.7 Å². The molecule has 10 heteroatoms. The van der Waals surface area contributed by atoms with Crippen molar-refractivity contribution in [2.45, 2.75) is 50.2 Å². The zero-order valence-electron chi connectivity index (χ0n) is 26.6. The van der Waals surface area contributed by atoms with Crippen LogP contribution in [0.5, 0.6) is 11.5 Å². The highest BCUT2D eigenvalue weighted by atomic mass is 32.2. The zero-order valence-corrected chi connectivity index (χ0v) is 27.4. The zero-order chi connectivity index (χ0) is 33.1. The van der Waals surface area contributed by atoms with Gasteiger partial charge in [-0.2, -0.15) is 0 Å². The van der Waals surface area contributed by atoms with Crippen molar-refractivity contribution in [2.24, 2.45) is 0 Å². The minimum Gasteiger partial charge on any atom is -0.497 e. The molecule has 1 N–H and O–H groups in total. The third kappa shape index (κ3) is 8.66. The van der Waals surface area contributed by atoms with Gasteiger partial charge in [0, 0.05) is 25.1 Å². The summed E-state index contributed by atoms with van der Waals surface area (Å²) in [5.41, 5.74) is 1.83. The number of nitrogens with one attached hydrogen (secondary N) is 1. The fourth-order valence-corrected chi connectivity index (χ4v) is 6.40. The number of carbonyl (C=O) groups excluding carboxylic acids is 2. The van der Waals surface area contributed by atoms with E-state index < -0.39 is 28.5 Å². The highest BCUT2D eigenvalue weighted by Crippen LogP contribution is 2.28. The maximum absolute atomic E-state index is 14.6. The van der Waals surface area contributed by atoms with Crippen LogP contribution in [0.2, 0.25) is 0 Å². The van der Waals surface area contributed by atoms with Crippen LogP contribution in [0.4, 0.5) is 5.69 Å². The number of methoxy groups -OCH3 is 2. The van der Waals surface area contributed by atoms with Gasteiger partial charge in [0.05, 0.1) is 24.8 Å². The van der Waals surface area contributed by atoms with Crippen LogP contribution in [0.15, 0.2) is 114 Å². The number of anilines is 1. The van der Waals surface area contributed by atoms with Gasteiger partial charge in [0.2, 0.25) is 11.8 Å². The molecule has 0 saturated carbocycles. The number of amides is 2. The van der Waals surface area contributed by atoms with Crippen LogP contribution in [-0.4, -0.2) is 58.0 Å². The Morgan fingerprint density at radius 3 is 2.00 bits per heavy atom. The third-order valence-corrected chi connectivity index (χ3v) is 9.50. The Morgan fingerprint density at radius 1 is 0.783 bits per heavy atom. The van der Waals surface area contributed by atoms with Crippen molar-refractivity contribution in [3.63, 3.8) is 0 Å². The maximum Gasteiger partial charge on any atom is 0.264 e. The van der Waals surface area contributed by atoms with Gasteiger partial charge in [-0.05, 0) is 60.9 Å². The molecule has 0 aliphatic rings. The van der Waals surface area contributed by atoms with Crippen LogP contribution < -0.4 is 19.1 Å². The number of carbonyl (C=O) groups is 2. The Balaban J connectivity index is 1.82. The number of hydrogen-bond donors (Lipinski definition) is 1. The van der Waals surface area contributed by atoms with Crippen LogP contribution in [0.25, 0.3) is 0 Å². The van der Waals surface area contributed by atoms with Crippen molar-refractivity contribution >= 4 is 27.5 Å². The van der Waals surface area contributed by atoms with Crippen molar-refractivity contribution in [1.82, 2.24) is 10.2 Å². The first kappa shape index (κ1) is 34.1. The summed E-state index contributed by atoms with van der Waals surface area (Å²) in [4.78, 5) is 30.0. The lowest BCUT2D eigenvalue weighted by molar-refractivity contribution is -0.140. The van der Waals surface area contributed by atoms with Gasteiger partial charge in [-0.3, -0.25) is 13.9 Å². The van der Waals surface area contributed by atoms with Crippen LogP contribution in [-0.2, 0) is 32.6 Å². The standard InChI is InChI=1S/C36H41N3O6S/c1-5-27(2)37-36(41)34(23-28-14-8-6-9-15-28)38(25-29-16-12-18-31(22-29)44-3)35(40)26-39(30-17-13-19-32(24-30)45-4)46(42,43)33-20-10-7-11-21-33/h6-22,24,27,34H,5,23,25-26H2,1-4H3,(H,37,41)/t27-,34-/m1/s1. The second kappa shape index (κ2) is 15.9. The first-order valence-electron chi connectivity index (χ1n) is 15.1. The smallest absolute Gasteiger partial charge is 0.264 e. The van der Waals surface area contributed by atoms with Crippen LogP contribution >= 0.6 is 0 Å². The van der Waals surface area contributed by atoms with E-state index >= 15 is 0 Å². The van der Waals surface area contributed by atoms with E-state index in [0.717, 1.165) is 15.4 Å². The number of benzene rings is 4. The number of nitrogens with zero attached hydrogens (tertiary/aromatic N) is 2. The monoisotopic (exact) mass is 643 g/mol. The first-order chi connectivity index (χ1) is 22.2. The Morgan fingerprint density at radius 2 is 1.37 bits per heavy atom. The number of ether oxygens (including phenoxy) is 2. The lowest BCUT2D eigenvalue weighted by atomic mass is 10.0. The predicted octanol–water partition coefficient (Wildman–Crippen LogP) is 5.45. The van der Waals surface area contributed by atoms with Crippen LogP contribution in [0.3, 0.4) is 0 Å². The van der Waals surface area contributed by atoms with Gasteiger partial charge in [-0.25, -0.2) is 8.42 Å². The lowest BCUT2D eigenvalue weighted by Crippen LogP contribution is -2.54. The van der Waals surface area contributed by atoms with Gasteiger partial charge < -0.3 is 19.7 Å². The number of sulfonamides is 1. The van der Waals surface area contributed by atoms with E-state index in [1.165, 1.54) is 24.1 Å². The third-order valence-electron chi connectivity index (χ3n) is 7.71.